The van der Waals surface area contributed by atoms with E-state index in [2.05, 4.69) is 4.99 Å². The highest BCUT2D eigenvalue weighted by Crippen LogP contribution is 2.71. The smallest absolute Gasteiger partial charge is 0.164 e. The molecule has 0 spiro atoms. The van der Waals surface area contributed by atoms with E-state index < -0.39 is 37.0 Å². The van der Waals surface area contributed by atoms with Crippen LogP contribution in [0.4, 0.5) is 14.5 Å². The topological polar surface area (TPSA) is 98.5 Å². The Bertz CT molecular complexity index is 843. The van der Waals surface area contributed by atoms with Crippen LogP contribution in [0, 0.1) is 23.5 Å². The van der Waals surface area contributed by atoms with Crippen LogP contribution in [0.5, 0.6) is 0 Å². The van der Waals surface area contributed by atoms with Crippen LogP contribution in [0.3, 0.4) is 0 Å². The third kappa shape index (κ3) is 2.02. The van der Waals surface area contributed by atoms with Gasteiger partial charge >= 0.3 is 0 Å². The zero-order valence-electron chi connectivity index (χ0n) is 12.8. The predicted molar refractivity (Wildman–Crippen MR) is 87.6 cm³/mol. The number of sulfone groups is 1. The molecule has 0 saturated heterocycles. The molecule has 1 fully saturated rings. The molecule has 0 radical (unpaired) electrons. The number of aliphatic imine (C=N–C) groups is 1. The first-order chi connectivity index (χ1) is 10.4. The molecule has 0 aromatic heterocycles. The number of hydrogen-bond donors (Lipinski definition) is 2. The lowest BCUT2D eigenvalue weighted by molar-refractivity contribution is 0.376. The van der Waals surface area contributed by atoms with Crippen LogP contribution in [-0.2, 0) is 15.4 Å². The Morgan fingerprint density at radius 2 is 1.91 bits per heavy atom. The summed E-state index contributed by atoms with van der Waals surface area (Å²) in [7, 11) is -3.49. The van der Waals surface area contributed by atoms with Crippen LogP contribution in [-0.4, -0.2) is 23.9 Å². The van der Waals surface area contributed by atoms with E-state index in [1.807, 2.05) is 0 Å². The minimum Gasteiger partial charge on any atom is -0.399 e. The molecule has 1 unspecified atom stereocenters. The number of anilines is 1. The number of halogens is 2. The maximum atomic E-state index is 14.4. The number of fused-ring (bicyclic) bond motifs is 1. The minimum atomic E-state index is -3.49. The summed E-state index contributed by atoms with van der Waals surface area (Å²) < 4.78 is 51.6. The van der Waals surface area contributed by atoms with Crippen molar-refractivity contribution in [1.82, 2.24) is 0 Å². The van der Waals surface area contributed by atoms with Gasteiger partial charge in [0.25, 0.3) is 0 Å². The van der Waals surface area contributed by atoms with Crippen molar-refractivity contribution in [2.24, 2.45) is 22.6 Å². The molecule has 3 rings (SSSR count). The van der Waals surface area contributed by atoms with E-state index in [-0.39, 0.29) is 22.3 Å². The first-order valence-corrected chi connectivity index (χ1v) is 9.65. The van der Waals surface area contributed by atoms with Crippen LogP contribution in [0.1, 0.15) is 19.4 Å². The molecule has 4 N–H and O–H groups in total. The van der Waals surface area contributed by atoms with E-state index in [0.29, 0.717) is 0 Å². The first kappa shape index (κ1) is 16.5. The van der Waals surface area contributed by atoms with Crippen LogP contribution in [0.25, 0.3) is 0 Å². The van der Waals surface area contributed by atoms with Gasteiger partial charge in [0.1, 0.15) is 4.08 Å². The Balaban J connectivity index is 2.26. The lowest BCUT2D eigenvalue weighted by Gasteiger charge is -2.33. The molecule has 1 aromatic carbocycles. The van der Waals surface area contributed by atoms with E-state index in [4.69, 9.17) is 11.5 Å². The Kier molecular flexibility index (Phi) is 3.30. The Labute approximate surface area is 137 Å². The molecular weight excluding hydrogens is 344 g/mol. The number of amidine groups is 1. The zero-order chi connectivity index (χ0) is 17.4. The molecule has 0 amide bonds. The molecule has 1 aliphatic heterocycles. The molecule has 0 bridgehead atoms. The summed E-state index contributed by atoms with van der Waals surface area (Å²) in [4.78, 5) is 4.29. The molecule has 1 aromatic rings. The number of hydrogen-bond acceptors (Lipinski definition) is 6. The van der Waals surface area contributed by atoms with Gasteiger partial charge in [-0.05, 0) is 25.0 Å². The minimum absolute atomic E-state index is 0.0424. The van der Waals surface area contributed by atoms with Crippen molar-refractivity contribution in [3.8, 4) is 0 Å². The summed E-state index contributed by atoms with van der Waals surface area (Å²) in [6.45, 7) is 3.33. The van der Waals surface area contributed by atoms with Gasteiger partial charge in [0.15, 0.2) is 26.6 Å². The summed E-state index contributed by atoms with van der Waals surface area (Å²) >= 11 is 0.981. The van der Waals surface area contributed by atoms with Gasteiger partial charge in [-0.1, -0.05) is 18.7 Å². The standard InChI is InChI=1S/C14H17F2N3O2S2/c1-6-11-13(2,8-4-7(17)5-9(15)10(8)16)19-12(18)22-14(6,11)23(3,20)21/h4-6,11H,17H2,1-3H3,(H2,18,19)/t6-,11?,13+,14+/m0/s1. The summed E-state index contributed by atoms with van der Waals surface area (Å²) in [6.07, 6.45) is 1.13. The average Bonchev–Trinajstić information content (AvgIpc) is 3.00. The molecule has 9 heteroatoms. The average molecular weight is 361 g/mol. The number of rotatable bonds is 2. The quantitative estimate of drug-likeness (QED) is 0.783. The Morgan fingerprint density at radius 1 is 1.30 bits per heavy atom. The van der Waals surface area contributed by atoms with Crippen molar-refractivity contribution in [2.45, 2.75) is 23.5 Å². The van der Waals surface area contributed by atoms with Crippen molar-refractivity contribution in [2.75, 3.05) is 12.0 Å². The van der Waals surface area contributed by atoms with Crippen LogP contribution in [0.2, 0.25) is 0 Å². The summed E-state index contributed by atoms with van der Waals surface area (Å²) in [5.74, 6) is -2.99. The van der Waals surface area contributed by atoms with Crippen molar-refractivity contribution in [3.05, 3.63) is 29.3 Å². The number of benzene rings is 1. The van der Waals surface area contributed by atoms with Gasteiger partial charge in [-0.25, -0.2) is 17.2 Å². The van der Waals surface area contributed by atoms with E-state index in [9.17, 15) is 17.2 Å². The SMILES string of the molecule is C[C@H]1C2[C@@]1(S(C)(=O)=O)SC(N)=N[C@]2(C)c1cc(N)cc(F)c1F. The summed E-state index contributed by atoms with van der Waals surface area (Å²) in [5, 5.41) is 0.0424. The zero-order valence-corrected chi connectivity index (χ0v) is 14.4. The Morgan fingerprint density at radius 3 is 2.48 bits per heavy atom. The third-order valence-corrected chi connectivity index (χ3v) is 9.03. The lowest BCUT2D eigenvalue weighted by Crippen LogP contribution is -2.39. The van der Waals surface area contributed by atoms with E-state index in [1.54, 1.807) is 13.8 Å². The predicted octanol–water partition coefficient (Wildman–Crippen LogP) is 1.83. The molecule has 1 saturated carbocycles. The number of nitrogens with zero attached hydrogens (tertiary/aromatic N) is 1. The molecular formula is C14H17F2N3O2S2. The molecule has 23 heavy (non-hydrogen) atoms. The fraction of sp³-hybridized carbons (Fsp3) is 0.500. The molecule has 5 nitrogen and oxygen atoms in total. The molecule has 2 aliphatic rings. The molecule has 1 heterocycles. The Hall–Kier alpha value is -1.35. The largest absolute Gasteiger partial charge is 0.399 e. The van der Waals surface area contributed by atoms with E-state index in [0.717, 1.165) is 24.1 Å². The highest BCUT2D eigenvalue weighted by atomic mass is 32.3. The van der Waals surface area contributed by atoms with E-state index >= 15 is 0 Å². The number of thioether (sulfide) groups is 1. The maximum absolute atomic E-state index is 14.4. The van der Waals surface area contributed by atoms with Gasteiger partial charge in [-0.2, -0.15) is 0 Å². The highest BCUT2D eigenvalue weighted by Gasteiger charge is 2.77. The molecule has 1 aliphatic carbocycles. The van der Waals surface area contributed by atoms with Crippen LogP contribution < -0.4 is 11.5 Å². The van der Waals surface area contributed by atoms with Crippen molar-refractivity contribution in [1.29, 1.82) is 0 Å². The van der Waals surface area contributed by atoms with Crippen LogP contribution in [0.15, 0.2) is 17.1 Å². The van der Waals surface area contributed by atoms with Crippen molar-refractivity contribution < 1.29 is 17.2 Å². The second kappa shape index (κ2) is 4.60. The first-order valence-electron chi connectivity index (χ1n) is 6.94. The van der Waals surface area contributed by atoms with Crippen molar-refractivity contribution in [3.63, 3.8) is 0 Å². The fourth-order valence-corrected chi connectivity index (χ4v) is 7.75. The van der Waals surface area contributed by atoms with Gasteiger partial charge < -0.3 is 11.5 Å². The van der Waals surface area contributed by atoms with Gasteiger partial charge in [0.2, 0.25) is 0 Å². The van der Waals surface area contributed by atoms with Gasteiger partial charge in [-0.15, -0.1) is 0 Å². The molecule has 126 valence electrons. The second-order valence-corrected chi connectivity index (χ2v) is 10.1. The normalized spacial score (nSPS) is 36.3. The fourth-order valence-electron chi connectivity index (χ4n) is 3.87. The summed E-state index contributed by atoms with van der Waals surface area (Å²) in [5.41, 5.74) is 10.2. The van der Waals surface area contributed by atoms with Gasteiger partial charge in [0.05, 0.1) is 5.54 Å². The van der Waals surface area contributed by atoms with Gasteiger partial charge in [-0.3, -0.25) is 4.99 Å². The van der Waals surface area contributed by atoms with Crippen LogP contribution >= 0.6 is 11.8 Å². The second-order valence-electron chi connectivity index (χ2n) is 6.32. The van der Waals surface area contributed by atoms with Crippen molar-refractivity contribution >= 4 is 32.5 Å². The molecule has 4 atom stereocenters. The maximum Gasteiger partial charge on any atom is 0.164 e. The highest BCUT2D eigenvalue weighted by molar-refractivity contribution is 8.24. The number of nitrogen functional groups attached to an aromatic ring is 1. The summed E-state index contributed by atoms with van der Waals surface area (Å²) in [6, 6.07) is 2.18. The lowest BCUT2D eigenvalue weighted by atomic mass is 9.85. The van der Waals surface area contributed by atoms with Gasteiger partial charge in [0, 0.05) is 23.4 Å². The third-order valence-electron chi connectivity index (χ3n) is 4.85. The monoisotopic (exact) mass is 361 g/mol. The number of nitrogens with two attached hydrogens (primary N) is 2. The van der Waals surface area contributed by atoms with E-state index in [1.165, 1.54) is 6.07 Å².